The average molecular weight is 484 g/mol. The van der Waals surface area contributed by atoms with Crippen molar-refractivity contribution in [2.24, 2.45) is 0 Å². The van der Waals surface area contributed by atoms with Gasteiger partial charge in [0.05, 0.1) is 5.75 Å². The monoisotopic (exact) mass is 482 g/mol. The molecule has 0 aliphatic carbocycles. The SMILES string of the molecule is CCNC(=O)[C@@H](C)N(Cc1ccc(Br)cc1)C(=O)CSCc1ccc(Cl)cc1. The second-order valence-corrected chi connectivity index (χ2v) is 8.68. The van der Waals surface area contributed by atoms with Crippen LogP contribution in [-0.2, 0) is 21.9 Å². The van der Waals surface area contributed by atoms with E-state index < -0.39 is 6.04 Å². The van der Waals surface area contributed by atoms with Crippen molar-refractivity contribution in [3.8, 4) is 0 Å². The summed E-state index contributed by atoms with van der Waals surface area (Å²) in [5, 5.41) is 3.50. The molecule has 2 aromatic carbocycles. The van der Waals surface area contributed by atoms with Crippen LogP contribution in [-0.4, -0.2) is 35.1 Å². The van der Waals surface area contributed by atoms with Crippen molar-refractivity contribution in [2.75, 3.05) is 12.3 Å². The number of carbonyl (C=O) groups is 2. The van der Waals surface area contributed by atoms with Crippen molar-refractivity contribution >= 4 is 51.1 Å². The van der Waals surface area contributed by atoms with Crippen LogP contribution in [0.1, 0.15) is 25.0 Å². The van der Waals surface area contributed by atoms with Gasteiger partial charge in [-0.25, -0.2) is 0 Å². The highest BCUT2D eigenvalue weighted by atomic mass is 79.9. The number of amides is 2. The average Bonchev–Trinajstić information content (AvgIpc) is 2.68. The van der Waals surface area contributed by atoms with E-state index in [1.165, 1.54) is 11.8 Å². The summed E-state index contributed by atoms with van der Waals surface area (Å²) in [5.41, 5.74) is 2.09. The van der Waals surface area contributed by atoms with Gasteiger partial charge in [-0.05, 0) is 49.2 Å². The first kappa shape index (κ1) is 22.8. The van der Waals surface area contributed by atoms with E-state index >= 15 is 0 Å². The second-order valence-electron chi connectivity index (χ2n) is 6.34. The number of hydrogen-bond acceptors (Lipinski definition) is 3. The molecule has 0 fully saturated rings. The van der Waals surface area contributed by atoms with Gasteiger partial charge in [0.25, 0.3) is 0 Å². The van der Waals surface area contributed by atoms with Crippen molar-refractivity contribution in [3.63, 3.8) is 0 Å². The molecular weight excluding hydrogens is 460 g/mol. The van der Waals surface area contributed by atoms with E-state index in [4.69, 9.17) is 11.6 Å². The van der Waals surface area contributed by atoms with Crippen LogP contribution in [0, 0.1) is 0 Å². The molecule has 7 heteroatoms. The highest BCUT2D eigenvalue weighted by Gasteiger charge is 2.25. The third-order valence-electron chi connectivity index (χ3n) is 4.19. The van der Waals surface area contributed by atoms with E-state index in [1.807, 2.05) is 55.5 Å². The number of carbonyl (C=O) groups excluding carboxylic acids is 2. The standard InChI is InChI=1S/C21H24BrClN2O2S/c1-3-24-21(27)15(2)25(12-16-4-8-18(22)9-5-16)20(26)14-28-13-17-6-10-19(23)11-7-17/h4-11,15H,3,12-14H2,1-2H3,(H,24,27)/t15-/m1/s1. The summed E-state index contributed by atoms with van der Waals surface area (Å²) >= 11 is 10.9. The number of halogens is 2. The molecule has 0 unspecified atom stereocenters. The van der Waals surface area contributed by atoms with Gasteiger partial charge in [-0.2, -0.15) is 0 Å². The molecule has 2 aromatic rings. The first-order valence-corrected chi connectivity index (χ1v) is 11.4. The first-order chi connectivity index (χ1) is 13.4. The lowest BCUT2D eigenvalue weighted by molar-refractivity contribution is -0.138. The Balaban J connectivity index is 2.03. The molecule has 0 saturated carbocycles. The largest absolute Gasteiger partial charge is 0.355 e. The zero-order valence-corrected chi connectivity index (χ0v) is 19.1. The van der Waals surface area contributed by atoms with Crippen molar-refractivity contribution in [1.82, 2.24) is 10.2 Å². The van der Waals surface area contributed by atoms with E-state index in [9.17, 15) is 9.59 Å². The molecule has 4 nitrogen and oxygen atoms in total. The predicted molar refractivity (Wildman–Crippen MR) is 120 cm³/mol. The summed E-state index contributed by atoms with van der Waals surface area (Å²) in [7, 11) is 0. The Labute approximate surface area is 184 Å². The molecule has 0 aliphatic rings. The Morgan fingerprint density at radius 2 is 1.71 bits per heavy atom. The number of nitrogens with zero attached hydrogens (tertiary/aromatic N) is 1. The van der Waals surface area contributed by atoms with Crippen molar-refractivity contribution < 1.29 is 9.59 Å². The highest BCUT2D eigenvalue weighted by Crippen LogP contribution is 2.18. The van der Waals surface area contributed by atoms with Crippen LogP contribution < -0.4 is 5.32 Å². The van der Waals surface area contributed by atoms with Crippen LogP contribution in [0.2, 0.25) is 5.02 Å². The normalized spacial score (nSPS) is 11.7. The van der Waals surface area contributed by atoms with E-state index in [-0.39, 0.29) is 11.8 Å². The molecular formula is C21H24BrClN2O2S. The lowest BCUT2D eigenvalue weighted by atomic mass is 10.1. The van der Waals surface area contributed by atoms with Crippen LogP contribution >= 0.6 is 39.3 Å². The van der Waals surface area contributed by atoms with Gasteiger partial charge in [0.2, 0.25) is 11.8 Å². The Morgan fingerprint density at radius 1 is 1.11 bits per heavy atom. The summed E-state index contributed by atoms with van der Waals surface area (Å²) in [6.45, 7) is 4.57. The van der Waals surface area contributed by atoms with E-state index in [0.29, 0.717) is 29.6 Å². The summed E-state index contributed by atoms with van der Waals surface area (Å²) in [6.07, 6.45) is 0. The molecule has 0 spiro atoms. The minimum absolute atomic E-state index is 0.0550. The van der Waals surface area contributed by atoms with Crippen LogP contribution in [0.5, 0.6) is 0 Å². The lowest BCUT2D eigenvalue weighted by Gasteiger charge is -2.28. The van der Waals surface area contributed by atoms with Crippen LogP contribution in [0.4, 0.5) is 0 Å². The summed E-state index contributed by atoms with van der Waals surface area (Å²) in [6, 6.07) is 14.8. The maximum Gasteiger partial charge on any atom is 0.242 e. The van der Waals surface area contributed by atoms with Gasteiger partial charge in [0, 0.05) is 28.3 Å². The first-order valence-electron chi connectivity index (χ1n) is 9.04. The van der Waals surface area contributed by atoms with Gasteiger partial charge >= 0.3 is 0 Å². The van der Waals surface area contributed by atoms with Gasteiger partial charge < -0.3 is 10.2 Å². The Kier molecular flexibility index (Phi) is 9.35. The minimum Gasteiger partial charge on any atom is -0.355 e. The van der Waals surface area contributed by atoms with Gasteiger partial charge in [0.15, 0.2) is 0 Å². The maximum absolute atomic E-state index is 12.9. The van der Waals surface area contributed by atoms with Crippen molar-refractivity contribution in [2.45, 2.75) is 32.2 Å². The Bertz CT molecular complexity index is 784. The number of rotatable bonds is 9. The fourth-order valence-electron chi connectivity index (χ4n) is 2.61. The molecule has 0 bridgehead atoms. The molecule has 0 radical (unpaired) electrons. The Hall–Kier alpha value is -1.50. The molecule has 2 amide bonds. The topological polar surface area (TPSA) is 49.4 Å². The second kappa shape index (κ2) is 11.5. The molecule has 0 aliphatic heterocycles. The smallest absolute Gasteiger partial charge is 0.242 e. The molecule has 150 valence electrons. The van der Waals surface area contributed by atoms with Gasteiger partial charge in [-0.3, -0.25) is 9.59 Å². The molecule has 0 heterocycles. The molecule has 0 aromatic heterocycles. The van der Waals surface area contributed by atoms with E-state index in [0.717, 1.165) is 15.6 Å². The van der Waals surface area contributed by atoms with Crippen molar-refractivity contribution in [1.29, 1.82) is 0 Å². The quantitative estimate of drug-likeness (QED) is 0.552. The summed E-state index contributed by atoms with van der Waals surface area (Å²) in [4.78, 5) is 26.9. The fraction of sp³-hybridized carbons (Fsp3) is 0.333. The maximum atomic E-state index is 12.9. The molecule has 1 atom stereocenters. The summed E-state index contributed by atoms with van der Waals surface area (Å²) < 4.78 is 0.976. The predicted octanol–water partition coefficient (Wildman–Crippen LogP) is 4.89. The Morgan fingerprint density at radius 3 is 2.32 bits per heavy atom. The number of hydrogen-bond donors (Lipinski definition) is 1. The van der Waals surface area contributed by atoms with Gasteiger partial charge in [0.1, 0.15) is 6.04 Å². The minimum atomic E-state index is -0.535. The molecule has 2 rings (SSSR count). The number of benzene rings is 2. The molecule has 0 saturated heterocycles. The van der Waals surface area contributed by atoms with Crippen LogP contribution in [0.15, 0.2) is 53.0 Å². The number of thioether (sulfide) groups is 1. The lowest BCUT2D eigenvalue weighted by Crippen LogP contribution is -2.48. The number of nitrogens with one attached hydrogen (secondary N) is 1. The van der Waals surface area contributed by atoms with Gasteiger partial charge in [-0.15, -0.1) is 11.8 Å². The third kappa shape index (κ3) is 7.15. The molecule has 1 N–H and O–H groups in total. The highest BCUT2D eigenvalue weighted by molar-refractivity contribution is 9.10. The summed E-state index contributed by atoms with van der Waals surface area (Å²) in [5.74, 6) is 0.823. The van der Waals surface area contributed by atoms with Crippen molar-refractivity contribution in [3.05, 3.63) is 69.2 Å². The van der Waals surface area contributed by atoms with Crippen LogP contribution in [0.3, 0.4) is 0 Å². The zero-order valence-electron chi connectivity index (χ0n) is 16.0. The van der Waals surface area contributed by atoms with E-state index in [1.54, 1.807) is 11.8 Å². The van der Waals surface area contributed by atoms with Gasteiger partial charge in [-0.1, -0.05) is 51.8 Å². The molecule has 28 heavy (non-hydrogen) atoms. The zero-order chi connectivity index (χ0) is 20.5. The van der Waals surface area contributed by atoms with E-state index in [2.05, 4.69) is 21.2 Å². The van der Waals surface area contributed by atoms with Crippen LogP contribution in [0.25, 0.3) is 0 Å². The third-order valence-corrected chi connectivity index (χ3v) is 5.96. The number of likely N-dealkylation sites (N-methyl/N-ethyl adjacent to an activating group) is 1. The fourth-order valence-corrected chi connectivity index (χ4v) is 3.87.